The van der Waals surface area contributed by atoms with E-state index in [1.807, 2.05) is 45.0 Å². The molecule has 0 fully saturated rings. The lowest BCUT2D eigenvalue weighted by Crippen LogP contribution is -2.35. The zero-order valence-electron chi connectivity index (χ0n) is 11.2. The summed E-state index contributed by atoms with van der Waals surface area (Å²) in [6, 6.07) is 7.63. The molecule has 0 unspecified atom stereocenters. The lowest BCUT2D eigenvalue weighted by molar-refractivity contribution is 0.0541. The maximum atomic E-state index is 11.5. The Morgan fingerprint density at radius 3 is 2.74 bits per heavy atom. The summed E-state index contributed by atoms with van der Waals surface area (Å²) in [4.78, 5) is 15.5. The minimum atomic E-state index is -0.513. The third-order valence-electron chi connectivity index (χ3n) is 2.35. The van der Waals surface area contributed by atoms with Crippen LogP contribution in [-0.4, -0.2) is 16.7 Å². The lowest BCUT2D eigenvalue weighted by Gasteiger charge is -2.20. The minimum Gasteiger partial charge on any atom is -0.443 e. The van der Waals surface area contributed by atoms with Crippen LogP contribution >= 0.6 is 0 Å². The predicted molar refractivity (Wildman–Crippen MR) is 74.7 cm³/mol. The SMILES string of the molecule is CC(C)(C)OC(=O)NNc1ccc2cnccc2c1. The summed E-state index contributed by atoms with van der Waals surface area (Å²) < 4.78 is 5.12. The van der Waals surface area contributed by atoms with E-state index in [0.29, 0.717) is 0 Å². The Morgan fingerprint density at radius 2 is 2.00 bits per heavy atom. The van der Waals surface area contributed by atoms with Gasteiger partial charge in [0.25, 0.3) is 0 Å². The molecule has 0 saturated carbocycles. The summed E-state index contributed by atoms with van der Waals surface area (Å²) in [5.74, 6) is 0. The van der Waals surface area contributed by atoms with Gasteiger partial charge < -0.3 is 4.74 Å². The van der Waals surface area contributed by atoms with E-state index in [0.717, 1.165) is 16.5 Å². The number of rotatable bonds is 2. The number of carbonyl (C=O) groups is 1. The number of carbonyl (C=O) groups excluding carboxylic acids is 1. The molecule has 1 heterocycles. The molecule has 0 saturated heterocycles. The number of pyridine rings is 1. The van der Waals surface area contributed by atoms with Crippen LogP contribution in [0.5, 0.6) is 0 Å². The van der Waals surface area contributed by atoms with Crippen molar-refractivity contribution in [3.05, 3.63) is 36.7 Å². The normalized spacial score (nSPS) is 11.1. The van der Waals surface area contributed by atoms with E-state index in [1.54, 1.807) is 12.4 Å². The highest BCUT2D eigenvalue weighted by atomic mass is 16.6. The molecule has 19 heavy (non-hydrogen) atoms. The monoisotopic (exact) mass is 259 g/mol. The topological polar surface area (TPSA) is 63.2 Å². The number of anilines is 1. The molecule has 0 radical (unpaired) electrons. The van der Waals surface area contributed by atoms with Gasteiger partial charge in [-0.1, -0.05) is 6.07 Å². The second-order valence-electron chi connectivity index (χ2n) is 5.19. The molecule has 0 aliphatic carbocycles. The van der Waals surface area contributed by atoms with Gasteiger partial charge in [0, 0.05) is 17.8 Å². The van der Waals surface area contributed by atoms with Gasteiger partial charge in [-0.3, -0.25) is 10.4 Å². The van der Waals surface area contributed by atoms with Crippen LogP contribution in [-0.2, 0) is 4.74 Å². The van der Waals surface area contributed by atoms with Gasteiger partial charge >= 0.3 is 6.09 Å². The highest BCUT2D eigenvalue weighted by Gasteiger charge is 2.15. The van der Waals surface area contributed by atoms with Gasteiger partial charge in [-0.25, -0.2) is 10.2 Å². The molecule has 2 rings (SSSR count). The van der Waals surface area contributed by atoms with Crippen molar-refractivity contribution in [3.8, 4) is 0 Å². The first-order valence-electron chi connectivity index (χ1n) is 6.03. The van der Waals surface area contributed by atoms with E-state index < -0.39 is 11.7 Å². The van der Waals surface area contributed by atoms with Crippen LogP contribution < -0.4 is 10.9 Å². The largest absolute Gasteiger partial charge is 0.443 e. The summed E-state index contributed by atoms with van der Waals surface area (Å²) in [6.07, 6.45) is 3.01. The van der Waals surface area contributed by atoms with Crippen LogP contribution in [0.4, 0.5) is 10.5 Å². The molecule has 0 aliphatic heterocycles. The van der Waals surface area contributed by atoms with Crippen molar-refractivity contribution in [2.75, 3.05) is 5.43 Å². The number of benzene rings is 1. The summed E-state index contributed by atoms with van der Waals surface area (Å²) in [6.45, 7) is 5.45. The number of ether oxygens (including phenoxy) is 1. The van der Waals surface area contributed by atoms with Gasteiger partial charge in [-0.15, -0.1) is 0 Å². The molecule has 0 bridgehead atoms. The van der Waals surface area contributed by atoms with Crippen molar-refractivity contribution in [1.29, 1.82) is 0 Å². The van der Waals surface area contributed by atoms with E-state index in [9.17, 15) is 4.79 Å². The number of hydrazine groups is 1. The van der Waals surface area contributed by atoms with Crippen molar-refractivity contribution in [3.63, 3.8) is 0 Å². The van der Waals surface area contributed by atoms with Crippen LogP contribution in [0.25, 0.3) is 10.8 Å². The second-order valence-corrected chi connectivity index (χ2v) is 5.19. The van der Waals surface area contributed by atoms with Crippen LogP contribution in [0, 0.1) is 0 Å². The summed E-state index contributed by atoms with van der Waals surface area (Å²) >= 11 is 0. The van der Waals surface area contributed by atoms with E-state index in [4.69, 9.17) is 4.74 Å². The van der Waals surface area contributed by atoms with Gasteiger partial charge in [-0.2, -0.15) is 0 Å². The maximum Gasteiger partial charge on any atom is 0.426 e. The zero-order chi connectivity index (χ0) is 13.9. The summed E-state index contributed by atoms with van der Waals surface area (Å²) in [5, 5.41) is 2.09. The fourth-order valence-electron chi connectivity index (χ4n) is 1.59. The Bertz CT molecular complexity index is 591. The molecule has 0 atom stereocenters. The summed E-state index contributed by atoms with van der Waals surface area (Å²) in [7, 11) is 0. The van der Waals surface area contributed by atoms with Gasteiger partial charge in [0.15, 0.2) is 0 Å². The van der Waals surface area contributed by atoms with Crippen molar-refractivity contribution in [2.45, 2.75) is 26.4 Å². The smallest absolute Gasteiger partial charge is 0.426 e. The number of aromatic nitrogens is 1. The van der Waals surface area contributed by atoms with Crippen LogP contribution in [0.3, 0.4) is 0 Å². The zero-order valence-corrected chi connectivity index (χ0v) is 11.2. The van der Waals surface area contributed by atoms with Crippen molar-refractivity contribution >= 4 is 22.6 Å². The van der Waals surface area contributed by atoms with Crippen LogP contribution in [0.1, 0.15) is 20.8 Å². The Morgan fingerprint density at radius 1 is 1.21 bits per heavy atom. The third-order valence-corrected chi connectivity index (χ3v) is 2.35. The minimum absolute atomic E-state index is 0.512. The van der Waals surface area contributed by atoms with Crippen LogP contribution in [0.15, 0.2) is 36.7 Å². The number of hydrogen-bond donors (Lipinski definition) is 2. The molecule has 1 aromatic carbocycles. The molecule has 1 aromatic heterocycles. The van der Waals surface area contributed by atoms with Crippen molar-refractivity contribution in [2.24, 2.45) is 0 Å². The Kier molecular flexibility index (Phi) is 3.55. The first-order chi connectivity index (χ1) is 8.94. The second kappa shape index (κ2) is 5.14. The van der Waals surface area contributed by atoms with E-state index in [1.165, 1.54) is 0 Å². The molecule has 0 aliphatic rings. The molecular weight excluding hydrogens is 242 g/mol. The quantitative estimate of drug-likeness (QED) is 0.813. The highest BCUT2D eigenvalue weighted by molar-refractivity contribution is 5.85. The first-order valence-corrected chi connectivity index (χ1v) is 6.03. The van der Waals surface area contributed by atoms with Crippen molar-refractivity contribution in [1.82, 2.24) is 10.4 Å². The number of amides is 1. The van der Waals surface area contributed by atoms with E-state index >= 15 is 0 Å². The fraction of sp³-hybridized carbons (Fsp3) is 0.286. The highest BCUT2D eigenvalue weighted by Crippen LogP contribution is 2.17. The van der Waals surface area contributed by atoms with Gasteiger partial charge in [0.1, 0.15) is 5.60 Å². The number of fused-ring (bicyclic) bond motifs is 1. The van der Waals surface area contributed by atoms with Gasteiger partial charge in [0.05, 0.1) is 5.69 Å². The van der Waals surface area contributed by atoms with E-state index in [2.05, 4.69) is 15.8 Å². The molecule has 5 nitrogen and oxygen atoms in total. The standard InChI is InChI=1S/C14H17N3O2/c1-14(2,3)19-13(18)17-16-12-5-4-11-9-15-7-6-10(11)8-12/h4-9,16H,1-3H3,(H,17,18). The summed E-state index contributed by atoms with van der Waals surface area (Å²) in [5.41, 5.74) is 5.58. The Hall–Kier alpha value is -2.30. The first kappa shape index (κ1) is 13.1. The lowest BCUT2D eigenvalue weighted by atomic mass is 10.1. The van der Waals surface area contributed by atoms with Crippen LogP contribution in [0.2, 0.25) is 0 Å². The number of hydrogen-bond acceptors (Lipinski definition) is 4. The Balaban J connectivity index is 2.00. The number of nitrogens with zero attached hydrogens (tertiary/aromatic N) is 1. The van der Waals surface area contributed by atoms with E-state index in [-0.39, 0.29) is 0 Å². The third kappa shape index (κ3) is 3.84. The number of nitrogens with one attached hydrogen (secondary N) is 2. The molecule has 5 heteroatoms. The molecule has 2 aromatic rings. The maximum absolute atomic E-state index is 11.5. The predicted octanol–water partition coefficient (Wildman–Crippen LogP) is 3.09. The molecule has 100 valence electrons. The fourth-order valence-corrected chi connectivity index (χ4v) is 1.59. The van der Waals surface area contributed by atoms with Crippen molar-refractivity contribution < 1.29 is 9.53 Å². The molecule has 0 spiro atoms. The Labute approximate surface area is 112 Å². The van der Waals surface area contributed by atoms with Gasteiger partial charge in [-0.05, 0) is 44.4 Å². The molecule has 2 N–H and O–H groups in total. The average Bonchev–Trinajstić information content (AvgIpc) is 2.34. The van der Waals surface area contributed by atoms with Gasteiger partial charge in [0.2, 0.25) is 0 Å². The average molecular weight is 259 g/mol. The molecular formula is C14H17N3O2. The molecule has 1 amide bonds.